The number of rotatable bonds is 6. The largest absolute Gasteiger partial charge is 0.496 e. The fourth-order valence-corrected chi connectivity index (χ4v) is 2.47. The van der Waals surface area contributed by atoms with Crippen LogP contribution in [-0.2, 0) is 11.3 Å². The maximum atomic E-state index is 13.6. The number of benzene rings is 2. The van der Waals surface area contributed by atoms with Crippen molar-refractivity contribution in [1.29, 1.82) is 0 Å². The number of carbonyl (C=O) groups excluding carboxylic acids is 1. The standard InChI is InChI=1S/C18H20ClFN2O2/c1-12(18(23)21-16-7-5-4-6-15(16)20)22(2)11-13-10-14(19)8-9-17(13)24-3/h4-10,12H,11H2,1-3H3,(H,21,23)/t12-/m1/s1. The van der Waals surface area contributed by atoms with Crippen LogP contribution in [-0.4, -0.2) is 31.0 Å². The van der Waals surface area contributed by atoms with Gasteiger partial charge in [-0.25, -0.2) is 4.39 Å². The molecule has 0 fully saturated rings. The highest BCUT2D eigenvalue weighted by Crippen LogP contribution is 2.24. The van der Waals surface area contributed by atoms with Crippen molar-refractivity contribution >= 4 is 23.2 Å². The van der Waals surface area contributed by atoms with Gasteiger partial charge in [0, 0.05) is 17.1 Å². The number of hydrogen-bond donors (Lipinski definition) is 1. The first-order valence-electron chi connectivity index (χ1n) is 7.50. The first-order chi connectivity index (χ1) is 11.4. The summed E-state index contributed by atoms with van der Waals surface area (Å²) in [5, 5.41) is 3.20. The van der Waals surface area contributed by atoms with E-state index in [0.717, 1.165) is 5.56 Å². The van der Waals surface area contributed by atoms with Crippen LogP contribution in [0.2, 0.25) is 5.02 Å². The second-order valence-electron chi connectivity index (χ2n) is 5.52. The highest BCUT2D eigenvalue weighted by atomic mass is 35.5. The molecule has 0 saturated heterocycles. The summed E-state index contributed by atoms with van der Waals surface area (Å²) < 4.78 is 19.0. The van der Waals surface area contributed by atoms with Crippen LogP contribution >= 0.6 is 11.6 Å². The number of para-hydroxylation sites is 1. The molecule has 0 saturated carbocycles. The number of anilines is 1. The van der Waals surface area contributed by atoms with E-state index in [4.69, 9.17) is 16.3 Å². The minimum Gasteiger partial charge on any atom is -0.496 e. The number of nitrogens with zero attached hydrogens (tertiary/aromatic N) is 1. The molecule has 0 aliphatic carbocycles. The molecular formula is C18H20ClFN2O2. The Hall–Kier alpha value is -2.11. The van der Waals surface area contributed by atoms with Gasteiger partial charge in [0.15, 0.2) is 0 Å². The Labute approximate surface area is 146 Å². The minimum absolute atomic E-state index is 0.170. The van der Waals surface area contributed by atoms with E-state index in [1.165, 1.54) is 12.1 Å². The van der Waals surface area contributed by atoms with Gasteiger partial charge in [-0.1, -0.05) is 23.7 Å². The number of amides is 1. The molecule has 0 spiro atoms. The third-order valence-electron chi connectivity index (χ3n) is 3.83. The fourth-order valence-electron chi connectivity index (χ4n) is 2.28. The molecule has 4 nitrogen and oxygen atoms in total. The molecular weight excluding hydrogens is 331 g/mol. The van der Waals surface area contributed by atoms with E-state index in [1.54, 1.807) is 44.4 Å². The molecule has 0 aliphatic rings. The Kier molecular flexibility index (Phi) is 6.17. The summed E-state index contributed by atoms with van der Waals surface area (Å²) in [5.74, 6) is -0.0474. The maximum Gasteiger partial charge on any atom is 0.241 e. The van der Waals surface area contributed by atoms with Crippen LogP contribution in [0.15, 0.2) is 42.5 Å². The van der Waals surface area contributed by atoms with Crippen molar-refractivity contribution in [2.45, 2.75) is 19.5 Å². The van der Waals surface area contributed by atoms with Gasteiger partial charge in [-0.2, -0.15) is 0 Å². The van der Waals surface area contributed by atoms with E-state index in [0.29, 0.717) is 17.3 Å². The Morgan fingerprint density at radius 2 is 2.04 bits per heavy atom. The summed E-state index contributed by atoms with van der Waals surface area (Å²) in [7, 11) is 3.40. The van der Waals surface area contributed by atoms with Gasteiger partial charge in [0.05, 0.1) is 18.8 Å². The second kappa shape index (κ2) is 8.13. The SMILES string of the molecule is COc1ccc(Cl)cc1CN(C)[C@H](C)C(=O)Nc1ccccc1F. The van der Waals surface area contributed by atoms with E-state index in [-0.39, 0.29) is 11.6 Å². The van der Waals surface area contributed by atoms with Crippen molar-refractivity contribution in [2.24, 2.45) is 0 Å². The van der Waals surface area contributed by atoms with Crippen LogP contribution in [0.4, 0.5) is 10.1 Å². The van der Waals surface area contributed by atoms with Crippen LogP contribution in [0.25, 0.3) is 0 Å². The predicted molar refractivity (Wildman–Crippen MR) is 94.0 cm³/mol. The van der Waals surface area contributed by atoms with Crippen molar-refractivity contribution in [3.63, 3.8) is 0 Å². The molecule has 0 bridgehead atoms. The highest BCUT2D eigenvalue weighted by molar-refractivity contribution is 6.30. The predicted octanol–water partition coefficient (Wildman–Crippen LogP) is 3.95. The molecule has 0 unspecified atom stereocenters. The Bertz CT molecular complexity index is 724. The molecule has 128 valence electrons. The number of carbonyl (C=O) groups is 1. The monoisotopic (exact) mass is 350 g/mol. The Balaban J connectivity index is 2.06. The lowest BCUT2D eigenvalue weighted by atomic mass is 10.1. The van der Waals surface area contributed by atoms with Gasteiger partial charge >= 0.3 is 0 Å². The molecule has 24 heavy (non-hydrogen) atoms. The highest BCUT2D eigenvalue weighted by Gasteiger charge is 2.20. The molecule has 2 aromatic rings. The molecule has 2 rings (SSSR count). The third kappa shape index (κ3) is 4.46. The molecule has 0 radical (unpaired) electrons. The first-order valence-corrected chi connectivity index (χ1v) is 7.88. The van der Waals surface area contributed by atoms with E-state index >= 15 is 0 Å². The lowest BCUT2D eigenvalue weighted by Crippen LogP contribution is -2.39. The molecule has 0 heterocycles. The molecule has 1 atom stereocenters. The van der Waals surface area contributed by atoms with Gasteiger partial charge in [0.25, 0.3) is 0 Å². The number of methoxy groups -OCH3 is 1. The van der Waals surface area contributed by atoms with Crippen LogP contribution < -0.4 is 10.1 Å². The van der Waals surface area contributed by atoms with Gasteiger partial charge in [0.2, 0.25) is 5.91 Å². The van der Waals surface area contributed by atoms with Crippen molar-refractivity contribution in [1.82, 2.24) is 4.90 Å². The molecule has 0 aliphatic heterocycles. The fraction of sp³-hybridized carbons (Fsp3) is 0.278. The van der Waals surface area contributed by atoms with Crippen LogP contribution in [0.5, 0.6) is 5.75 Å². The smallest absolute Gasteiger partial charge is 0.241 e. The zero-order valence-corrected chi connectivity index (χ0v) is 14.6. The van der Waals surface area contributed by atoms with Crippen LogP contribution in [0.1, 0.15) is 12.5 Å². The molecule has 1 N–H and O–H groups in total. The maximum absolute atomic E-state index is 13.6. The summed E-state index contributed by atoms with van der Waals surface area (Å²) >= 11 is 6.03. The Morgan fingerprint density at radius 3 is 2.71 bits per heavy atom. The van der Waals surface area contributed by atoms with Crippen LogP contribution in [0, 0.1) is 5.82 Å². The van der Waals surface area contributed by atoms with Crippen molar-refractivity contribution in [2.75, 3.05) is 19.5 Å². The normalized spacial score (nSPS) is 12.1. The Morgan fingerprint density at radius 1 is 1.33 bits per heavy atom. The zero-order chi connectivity index (χ0) is 17.7. The number of hydrogen-bond acceptors (Lipinski definition) is 3. The summed E-state index contributed by atoms with van der Waals surface area (Å²) in [6.07, 6.45) is 0. The average Bonchev–Trinajstić information content (AvgIpc) is 2.56. The van der Waals surface area contributed by atoms with Crippen molar-refractivity contribution < 1.29 is 13.9 Å². The van der Waals surface area contributed by atoms with Crippen molar-refractivity contribution in [3.05, 3.63) is 58.9 Å². The number of halogens is 2. The second-order valence-corrected chi connectivity index (χ2v) is 5.95. The number of likely N-dealkylation sites (N-methyl/N-ethyl adjacent to an activating group) is 1. The minimum atomic E-state index is -0.465. The van der Waals surface area contributed by atoms with Gasteiger partial charge in [-0.15, -0.1) is 0 Å². The number of ether oxygens (including phenoxy) is 1. The van der Waals surface area contributed by atoms with Crippen LogP contribution in [0.3, 0.4) is 0 Å². The molecule has 0 aromatic heterocycles. The average molecular weight is 351 g/mol. The first kappa shape index (κ1) is 18.2. The topological polar surface area (TPSA) is 41.6 Å². The van der Waals surface area contributed by atoms with E-state index in [1.807, 2.05) is 11.9 Å². The lowest BCUT2D eigenvalue weighted by molar-refractivity contribution is -0.120. The van der Waals surface area contributed by atoms with Gasteiger partial charge < -0.3 is 10.1 Å². The summed E-state index contributed by atoms with van der Waals surface area (Å²) in [6, 6.07) is 11.0. The van der Waals surface area contributed by atoms with E-state index < -0.39 is 11.9 Å². The lowest BCUT2D eigenvalue weighted by Gasteiger charge is -2.25. The van der Waals surface area contributed by atoms with Crippen molar-refractivity contribution in [3.8, 4) is 5.75 Å². The van der Waals surface area contributed by atoms with E-state index in [9.17, 15) is 9.18 Å². The van der Waals surface area contributed by atoms with E-state index in [2.05, 4.69) is 5.32 Å². The molecule has 1 amide bonds. The quantitative estimate of drug-likeness (QED) is 0.857. The van der Waals surface area contributed by atoms with Gasteiger partial charge in [-0.3, -0.25) is 9.69 Å². The zero-order valence-electron chi connectivity index (χ0n) is 13.8. The summed E-state index contributed by atoms with van der Waals surface area (Å²) in [5.41, 5.74) is 1.04. The summed E-state index contributed by atoms with van der Waals surface area (Å²) in [6.45, 7) is 2.22. The number of nitrogens with one attached hydrogen (secondary N) is 1. The van der Waals surface area contributed by atoms with Gasteiger partial charge in [-0.05, 0) is 44.3 Å². The molecule has 2 aromatic carbocycles. The van der Waals surface area contributed by atoms with Gasteiger partial charge in [0.1, 0.15) is 11.6 Å². The summed E-state index contributed by atoms with van der Waals surface area (Å²) in [4.78, 5) is 14.2. The molecule has 6 heteroatoms. The third-order valence-corrected chi connectivity index (χ3v) is 4.07.